The number of carbonyl (C=O) groups is 1. The molecule has 3 heterocycles. The van der Waals surface area contributed by atoms with Gasteiger partial charge < -0.3 is 43.5 Å². The van der Waals surface area contributed by atoms with Crippen molar-refractivity contribution in [1.82, 2.24) is 4.90 Å². The minimum absolute atomic E-state index is 0.00307. The molecular weight excluding hydrogens is 652 g/mol. The van der Waals surface area contributed by atoms with Crippen LogP contribution in [0.25, 0.3) is 0 Å². The summed E-state index contributed by atoms with van der Waals surface area (Å²) in [4.78, 5) is 21.1. The lowest BCUT2D eigenvalue weighted by Gasteiger charge is -2.50. The maximum atomic E-state index is 14.2. The molecule has 0 aromatic carbocycles. The van der Waals surface area contributed by atoms with Crippen LogP contribution in [0.4, 0.5) is 0 Å². The fourth-order valence-corrected chi connectivity index (χ4v) is 9.28. The van der Waals surface area contributed by atoms with Crippen LogP contribution in [0, 0.1) is 40.9 Å². The van der Waals surface area contributed by atoms with Crippen LogP contribution < -0.4 is 0 Å². The third kappa shape index (κ3) is 9.56. The van der Waals surface area contributed by atoms with Gasteiger partial charge in [0.2, 0.25) is 0 Å². The Hall–Kier alpha value is -1.18. The van der Waals surface area contributed by atoms with Crippen molar-refractivity contribution in [2.24, 2.45) is 45.9 Å². The van der Waals surface area contributed by atoms with Gasteiger partial charge >= 0.3 is 5.97 Å². The zero-order valence-electron chi connectivity index (χ0n) is 34.9. The summed E-state index contributed by atoms with van der Waals surface area (Å²) in [5.74, 6) is -2.07. The van der Waals surface area contributed by atoms with E-state index in [0.29, 0.717) is 12.8 Å². The number of esters is 1. The van der Waals surface area contributed by atoms with Crippen LogP contribution in [0.5, 0.6) is 0 Å². The number of rotatable bonds is 6. The molecule has 11 heteroatoms. The van der Waals surface area contributed by atoms with Gasteiger partial charge in [0.1, 0.15) is 11.7 Å². The predicted molar refractivity (Wildman–Crippen MR) is 199 cm³/mol. The van der Waals surface area contributed by atoms with Gasteiger partial charge in [-0.2, -0.15) is 0 Å². The Kier molecular flexibility index (Phi) is 14.8. The maximum Gasteiger partial charge on any atom is 0.311 e. The van der Waals surface area contributed by atoms with Crippen LogP contribution in [0.3, 0.4) is 0 Å². The monoisotopic (exact) mass is 727 g/mol. The Labute approximate surface area is 309 Å². The van der Waals surface area contributed by atoms with Crippen molar-refractivity contribution in [3.8, 4) is 0 Å². The molecule has 3 aliphatic rings. The fourth-order valence-electron chi connectivity index (χ4n) is 9.28. The summed E-state index contributed by atoms with van der Waals surface area (Å²) in [7, 11) is 7.64. The van der Waals surface area contributed by atoms with Crippen molar-refractivity contribution in [3.63, 3.8) is 0 Å². The second-order valence-electron chi connectivity index (χ2n) is 17.8. The van der Waals surface area contributed by atoms with E-state index in [1.54, 1.807) is 28.0 Å². The number of nitrogens with zero attached hydrogens (tertiary/aromatic N) is 2. The number of aliphatic imine (C=N–C) groups is 1. The summed E-state index contributed by atoms with van der Waals surface area (Å²) < 4.78 is 39.2. The van der Waals surface area contributed by atoms with Gasteiger partial charge in [-0.05, 0) is 79.8 Å². The van der Waals surface area contributed by atoms with Crippen LogP contribution in [-0.2, 0) is 33.2 Å². The first-order valence-electron chi connectivity index (χ1n) is 19.3. The molecule has 3 saturated heterocycles. The van der Waals surface area contributed by atoms with Crippen LogP contribution in [0.2, 0.25) is 0 Å². The summed E-state index contributed by atoms with van der Waals surface area (Å²) in [6.45, 7) is 25.9. The Morgan fingerprint density at radius 2 is 1.49 bits per heavy atom. The first-order valence-corrected chi connectivity index (χ1v) is 19.3. The molecule has 298 valence electrons. The van der Waals surface area contributed by atoms with Crippen molar-refractivity contribution in [3.05, 3.63) is 0 Å². The average Bonchev–Trinajstić information content (AvgIpc) is 3.04. The quantitative estimate of drug-likeness (QED) is 0.328. The molecule has 0 radical (unpaired) electrons. The summed E-state index contributed by atoms with van der Waals surface area (Å²) >= 11 is 0. The van der Waals surface area contributed by atoms with Crippen LogP contribution in [-0.4, -0.2) is 121 Å². The van der Waals surface area contributed by atoms with E-state index in [0.717, 1.165) is 12.1 Å². The van der Waals surface area contributed by atoms with Gasteiger partial charge in [0.05, 0.1) is 42.0 Å². The van der Waals surface area contributed by atoms with Gasteiger partial charge in [-0.15, -0.1) is 0 Å². The van der Waals surface area contributed by atoms with E-state index in [9.17, 15) is 15.0 Å². The zero-order valence-corrected chi connectivity index (χ0v) is 34.9. The van der Waals surface area contributed by atoms with Crippen molar-refractivity contribution < 1.29 is 43.4 Å². The molecule has 0 amide bonds. The summed E-state index contributed by atoms with van der Waals surface area (Å²) in [5.41, 5.74) is -1.97. The third-order valence-corrected chi connectivity index (χ3v) is 13.2. The Morgan fingerprint density at radius 3 is 2.04 bits per heavy atom. The van der Waals surface area contributed by atoms with E-state index in [2.05, 4.69) is 79.4 Å². The average molecular weight is 727 g/mol. The molecule has 0 aromatic rings. The number of cyclic esters (lactones) is 1. The van der Waals surface area contributed by atoms with Crippen LogP contribution >= 0.6 is 0 Å². The summed E-state index contributed by atoms with van der Waals surface area (Å²) in [6, 6.07) is 0.261. The van der Waals surface area contributed by atoms with E-state index in [1.165, 1.54) is 6.92 Å². The standard InChI is InChI=1S/C40H74N2O9/c1-21-19-38(10,11)35(51-37-23(3)30(42(15)16)18-22(2)47-37)25(5)33(50-31-20-39(12,46-17)27(7)28(8)48-31)26(6)36(44)49-29(9)40(13,45)34(43)24(4)32(21)41-14/h21-31,33-35,37,43,45H,18-20H2,1-17H3/t21-,22?,23?,24+,25+,26-,27?,28?,29-,30?,31?,33+,34-,35-,37?,39?,40-/m1/s1. The van der Waals surface area contributed by atoms with E-state index < -0.39 is 71.4 Å². The highest BCUT2D eigenvalue weighted by atomic mass is 16.7. The number of methoxy groups -OCH3 is 1. The highest BCUT2D eigenvalue weighted by molar-refractivity contribution is 5.89. The van der Waals surface area contributed by atoms with E-state index >= 15 is 0 Å². The molecule has 8 unspecified atom stereocenters. The molecule has 0 spiro atoms. The largest absolute Gasteiger partial charge is 0.459 e. The van der Waals surface area contributed by atoms with E-state index in [-0.39, 0.29) is 41.9 Å². The zero-order chi connectivity index (χ0) is 39.0. The van der Waals surface area contributed by atoms with E-state index in [4.69, 9.17) is 28.4 Å². The molecule has 51 heavy (non-hydrogen) atoms. The number of ether oxygens (including phenoxy) is 6. The SMILES string of the molecule is CN=C1[C@H](C)CC(C)(C)[C@H](OC2OC(C)CC(N(C)C)C2C)[C@@H](C)[C@H](OC2CC(C)(OC)C(C)C(C)O2)[C@@H](C)C(=O)O[C@H](C)[C@@](C)(O)[C@H](O)[C@H]1C. The van der Waals surface area contributed by atoms with Gasteiger partial charge in [0.15, 0.2) is 12.6 Å². The van der Waals surface area contributed by atoms with Gasteiger partial charge in [-0.1, -0.05) is 48.5 Å². The highest BCUT2D eigenvalue weighted by Crippen LogP contribution is 2.45. The van der Waals surface area contributed by atoms with Gasteiger partial charge in [0.25, 0.3) is 0 Å². The molecule has 0 aliphatic carbocycles. The molecule has 0 aromatic heterocycles. The first kappa shape index (κ1) is 44.2. The van der Waals surface area contributed by atoms with Crippen LogP contribution in [0.1, 0.15) is 109 Å². The lowest BCUT2D eigenvalue weighted by molar-refractivity contribution is -0.301. The summed E-state index contributed by atoms with van der Waals surface area (Å²) in [6.07, 6.45) is -2.71. The number of hydrogen-bond acceptors (Lipinski definition) is 11. The highest BCUT2D eigenvalue weighted by Gasteiger charge is 2.51. The fraction of sp³-hybridized carbons (Fsp3) is 0.950. The van der Waals surface area contributed by atoms with Gasteiger partial charge in [0, 0.05) is 56.0 Å². The van der Waals surface area contributed by atoms with Crippen molar-refractivity contribution in [2.75, 3.05) is 28.3 Å². The van der Waals surface area contributed by atoms with Crippen molar-refractivity contribution in [1.29, 1.82) is 0 Å². The lowest BCUT2D eigenvalue weighted by Crippen LogP contribution is -2.58. The lowest BCUT2D eigenvalue weighted by atomic mass is 9.69. The molecule has 3 aliphatic heterocycles. The van der Waals surface area contributed by atoms with Crippen molar-refractivity contribution >= 4 is 11.7 Å². The second-order valence-corrected chi connectivity index (χ2v) is 17.8. The topological polar surface area (TPSA) is 129 Å². The van der Waals surface area contributed by atoms with Gasteiger partial charge in [-0.3, -0.25) is 9.79 Å². The van der Waals surface area contributed by atoms with Crippen LogP contribution in [0.15, 0.2) is 4.99 Å². The molecule has 11 nitrogen and oxygen atoms in total. The molecule has 2 N–H and O–H groups in total. The molecule has 17 atom stereocenters. The number of hydrogen-bond donors (Lipinski definition) is 2. The Balaban J connectivity index is 2.19. The number of aliphatic hydroxyl groups is 2. The third-order valence-electron chi connectivity index (χ3n) is 13.2. The molecule has 0 bridgehead atoms. The molecule has 3 fully saturated rings. The Bertz CT molecular complexity index is 1180. The second kappa shape index (κ2) is 17.1. The summed E-state index contributed by atoms with van der Waals surface area (Å²) in [5, 5.41) is 23.2. The number of carbonyl (C=O) groups excluding carboxylic acids is 1. The molecule has 3 rings (SSSR count). The van der Waals surface area contributed by atoms with E-state index in [1.807, 2.05) is 13.8 Å². The predicted octanol–water partition coefficient (Wildman–Crippen LogP) is 5.72. The minimum atomic E-state index is -1.75. The normalized spacial score (nSPS) is 48.7. The Morgan fingerprint density at radius 1 is 0.882 bits per heavy atom. The molecular formula is C40H74N2O9. The number of aliphatic hydroxyl groups excluding tert-OH is 1. The first-order chi connectivity index (χ1) is 23.4. The smallest absolute Gasteiger partial charge is 0.311 e. The minimum Gasteiger partial charge on any atom is -0.459 e. The van der Waals surface area contributed by atoms with Gasteiger partial charge in [-0.25, -0.2) is 0 Å². The molecule has 0 saturated carbocycles. The van der Waals surface area contributed by atoms with Crippen molar-refractivity contribution in [2.45, 2.75) is 176 Å². The maximum absolute atomic E-state index is 14.2.